The normalized spacial score (nSPS) is 21.5. The minimum Gasteiger partial charge on any atom is -0.497 e. The van der Waals surface area contributed by atoms with E-state index in [0.717, 1.165) is 6.07 Å². The molecule has 2 atom stereocenters. The number of alkyl halides is 3. The van der Waals surface area contributed by atoms with Gasteiger partial charge < -0.3 is 19.7 Å². The fraction of sp³-hybridized carbons (Fsp3) is 0.562. The third kappa shape index (κ3) is 4.53. The van der Waals surface area contributed by atoms with Crippen molar-refractivity contribution in [3.63, 3.8) is 0 Å². The van der Waals surface area contributed by atoms with Gasteiger partial charge in [-0.15, -0.1) is 0 Å². The number of rotatable bonds is 3. The van der Waals surface area contributed by atoms with Crippen molar-refractivity contribution in [1.82, 2.24) is 10.2 Å². The Kier molecular flexibility index (Phi) is 5.58. The monoisotopic (exact) mass is 346 g/mol. The van der Waals surface area contributed by atoms with Crippen molar-refractivity contribution < 1.29 is 27.4 Å². The van der Waals surface area contributed by atoms with Gasteiger partial charge >= 0.3 is 12.2 Å². The third-order valence-corrected chi connectivity index (χ3v) is 3.76. The Balaban J connectivity index is 2.07. The summed E-state index contributed by atoms with van der Waals surface area (Å²) in [6.07, 6.45) is -4.73. The number of halogens is 3. The van der Waals surface area contributed by atoms with Crippen molar-refractivity contribution in [2.45, 2.75) is 38.8 Å². The van der Waals surface area contributed by atoms with E-state index in [0.29, 0.717) is 13.1 Å². The highest BCUT2D eigenvalue weighted by molar-refractivity contribution is 5.74. The predicted molar refractivity (Wildman–Crippen MR) is 81.8 cm³/mol. The summed E-state index contributed by atoms with van der Waals surface area (Å²) < 4.78 is 49.8. The zero-order valence-electron chi connectivity index (χ0n) is 13.8. The molecule has 0 saturated carbocycles. The quantitative estimate of drug-likeness (QED) is 0.915. The molecule has 0 bridgehead atoms. The van der Waals surface area contributed by atoms with Crippen LogP contribution in [-0.4, -0.2) is 43.3 Å². The van der Waals surface area contributed by atoms with Gasteiger partial charge in [0.2, 0.25) is 0 Å². The van der Waals surface area contributed by atoms with Crippen molar-refractivity contribution in [3.05, 3.63) is 29.3 Å². The van der Waals surface area contributed by atoms with E-state index in [1.165, 1.54) is 19.2 Å². The molecule has 2 amide bonds. The molecule has 1 N–H and O–H groups in total. The molecular weight excluding hydrogens is 325 g/mol. The minimum absolute atomic E-state index is 0.00833. The molecule has 1 heterocycles. The number of morpholine rings is 1. The number of hydrogen-bond acceptors (Lipinski definition) is 3. The van der Waals surface area contributed by atoms with Crippen molar-refractivity contribution in [2.24, 2.45) is 0 Å². The molecule has 0 radical (unpaired) electrons. The number of methoxy groups -OCH3 is 1. The van der Waals surface area contributed by atoms with Crippen LogP contribution in [-0.2, 0) is 17.5 Å². The Labute approximate surface area is 138 Å². The molecule has 0 spiro atoms. The molecule has 8 heteroatoms. The molecule has 24 heavy (non-hydrogen) atoms. The Morgan fingerprint density at radius 2 is 1.96 bits per heavy atom. The topological polar surface area (TPSA) is 50.8 Å². The molecule has 1 aliphatic heterocycles. The number of benzene rings is 1. The Hall–Kier alpha value is -1.96. The highest BCUT2D eigenvalue weighted by Crippen LogP contribution is 2.34. The molecule has 134 valence electrons. The molecule has 0 aromatic heterocycles. The second kappa shape index (κ2) is 7.29. The van der Waals surface area contributed by atoms with Gasteiger partial charge in [-0.1, -0.05) is 6.07 Å². The third-order valence-electron chi connectivity index (χ3n) is 3.76. The van der Waals surface area contributed by atoms with Crippen LogP contribution >= 0.6 is 0 Å². The lowest BCUT2D eigenvalue weighted by atomic mass is 10.1. The van der Waals surface area contributed by atoms with Gasteiger partial charge in [0.1, 0.15) is 5.75 Å². The summed E-state index contributed by atoms with van der Waals surface area (Å²) >= 11 is 0. The summed E-state index contributed by atoms with van der Waals surface area (Å²) in [4.78, 5) is 13.8. The summed E-state index contributed by atoms with van der Waals surface area (Å²) in [5.74, 6) is 0.119. The van der Waals surface area contributed by atoms with Crippen molar-refractivity contribution in [2.75, 3.05) is 20.2 Å². The summed E-state index contributed by atoms with van der Waals surface area (Å²) in [5, 5.41) is 2.55. The van der Waals surface area contributed by atoms with Gasteiger partial charge in [-0.2, -0.15) is 13.2 Å². The first-order valence-electron chi connectivity index (χ1n) is 7.63. The average molecular weight is 346 g/mol. The average Bonchev–Trinajstić information content (AvgIpc) is 2.50. The predicted octanol–water partition coefficient (Wildman–Crippen LogP) is 3.03. The van der Waals surface area contributed by atoms with Crippen LogP contribution in [0.4, 0.5) is 18.0 Å². The maximum atomic E-state index is 13.2. The van der Waals surface area contributed by atoms with Crippen molar-refractivity contribution >= 4 is 6.03 Å². The van der Waals surface area contributed by atoms with E-state index in [1.807, 2.05) is 13.8 Å². The molecule has 1 saturated heterocycles. The minimum atomic E-state index is -4.52. The Bertz CT molecular complexity index is 582. The van der Waals surface area contributed by atoms with Gasteiger partial charge in [-0.05, 0) is 31.5 Å². The Morgan fingerprint density at radius 3 is 2.50 bits per heavy atom. The highest BCUT2D eigenvalue weighted by Gasteiger charge is 2.34. The lowest BCUT2D eigenvalue weighted by molar-refractivity contribution is -0.138. The van der Waals surface area contributed by atoms with Crippen LogP contribution in [0.5, 0.6) is 5.75 Å². The molecule has 1 fully saturated rings. The molecular formula is C16H21F3N2O3. The summed E-state index contributed by atoms with van der Waals surface area (Å²) in [7, 11) is 1.30. The standard InChI is InChI=1S/C16H21F3N2O3/c1-10-8-21(9-11(2)24-10)15(22)20-7-12-4-5-13(23-3)6-14(12)16(17,18)19/h4-6,10-11H,7-9H2,1-3H3,(H,20,22)/t10-,11-/m0/s1. The van der Waals surface area contributed by atoms with Crippen LogP contribution in [0.2, 0.25) is 0 Å². The van der Waals surface area contributed by atoms with E-state index in [-0.39, 0.29) is 30.1 Å². The van der Waals surface area contributed by atoms with E-state index in [9.17, 15) is 18.0 Å². The first kappa shape index (κ1) is 18.4. The van der Waals surface area contributed by atoms with Gasteiger partial charge in [0.25, 0.3) is 0 Å². The molecule has 1 aromatic carbocycles. The SMILES string of the molecule is COc1ccc(CNC(=O)N2C[C@H](C)O[C@@H](C)C2)c(C(F)(F)F)c1. The number of ether oxygens (including phenoxy) is 2. The molecule has 1 aliphatic rings. The van der Waals surface area contributed by atoms with E-state index in [1.54, 1.807) is 4.90 Å². The van der Waals surface area contributed by atoms with Crippen LogP contribution in [0.15, 0.2) is 18.2 Å². The second-order valence-corrected chi connectivity index (χ2v) is 5.84. The molecule has 2 rings (SSSR count). The number of carbonyl (C=O) groups excluding carboxylic acids is 1. The zero-order chi connectivity index (χ0) is 17.9. The van der Waals surface area contributed by atoms with Gasteiger partial charge in [0.15, 0.2) is 0 Å². The van der Waals surface area contributed by atoms with E-state index in [2.05, 4.69) is 5.32 Å². The first-order valence-corrected chi connectivity index (χ1v) is 7.63. The van der Waals surface area contributed by atoms with Crippen LogP contribution < -0.4 is 10.1 Å². The van der Waals surface area contributed by atoms with Gasteiger partial charge in [-0.25, -0.2) is 4.79 Å². The zero-order valence-corrected chi connectivity index (χ0v) is 13.8. The van der Waals surface area contributed by atoms with Gasteiger partial charge in [0.05, 0.1) is 24.9 Å². The molecule has 1 aromatic rings. The maximum Gasteiger partial charge on any atom is 0.416 e. The van der Waals surface area contributed by atoms with Crippen molar-refractivity contribution in [3.8, 4) is 5.75 Å². The fourth-order valence-corrected chi connectivity index (χ4v) is 2.73. The number of urea groups is 1. The molecule has 0 aliphatic carbocycles. The summed E-state index contributed by atoms with van der Waals surface area (Å²) in [6.45, 7) is 4.30. The van der Waals surface area contributed by atoms with Crippen LogP contribution in [0.1, 0.15) is 25.0 Å². The lowest BCUT2D eigenvalue weighted by Crippen LogP contribution is -2.51. The fourth-order valence-electron chi connectivity index (χ4n) is 2.73. The number of amides is 2. The van der Waals surface area contributed by atoms with Gasteiger partial charge in [-0.3, -0.25) is 0 Å². The van der Waals surface area contributed by atoms with Crippen molar-refractivity contribution in [1.29, 1.82) is 0 Å². The maximum absolute atomic E-state index is 13.2. The summed E-state index contributed by atoms with van der Waals surface area (Å²) in [6, 6.07) is 3.28. The van der Waals surface area contributed by atoms with E-state index >= 15 is 0 Å². The van der Waals surface area contributed by atoms with Crippen LogP contribution in [0.25, 0.3) is 0 Å². The smallest absolute Gasteiger partial charge is 0.416 e. The number of hydrogen-bond donors (Lipinski definition) is 1. The Morgan fingerprint density at radius 1 is 1.33 bits per heavy atom. The van der Waals surface area contributed by atoms with Crippen LogP contribution in [0.3, 0.4) is 0 Å². The number of nitrogens with one attached hydrogen (secondary N) is 1. The largest absolute Gasteiger partial charge is 0.497 e. The lowest BCUT2D eigenvalue weighted by Gasteiger charge is -2.35. The van der Waals surface area contributed by atoms with E-state index < -0.39 is 17.8 Å². The molecule has 5 nitrogen and oxygen atoms in total. The highest BCUT2D eigenvalue weighted by atomic mass is 19.4. The first-order chi connectivity index (χ1) is 11.2. The number of nitrogens with zero attached hydrogens (tertiary/aromatic N) is 1. The second-order valence-electron chi connectivity index (χ2n) is 5.84. The number of carbonyl (C=O) groups is 1. The van der Waals surface area contributed by atoms with Crippen LogP contribution in [0, 0.1) is 0 Å². The van der Waals surface area contributed by atoms with Gasteiger partial charge in [0, 0.05) is 19.6 Å². The molecule has 0 unspecified atom stereocenters. The summed E-state index contributed by atoms with van der Waals surface area (Å²) in [5.41, 5.74) is -0.822. The van der Waals surface area contributed by atoms with E-state index in [4.69, 9.17) is 9.47 Å².